The van der Waals surface area contributed by atoms with Crippen molar-refractivity contribution < 1.29 is 10.2 Å². The SMILES string of the molecule is C/C=C/CC(O)/C=C/CO. The average molecular weight is 142 g/mol. The molecular formula is C8H14O2. The maximum atomic E-state index is 9.06. The van der Waals surface area contributed by atoms with Crippen LogP contribution >= 0.6 is 0 Å². The Kier molecular flexibility index (Phi) is 6.13. The number of hydrogen-bond donors (Lipinski definition) is 2. The van der Waals surface area contributed by atoms with Gasteiger partial charge >= 0.3 is 0 Å². The lowest BCUT2D eigenvalue weighted by molar-refractivity contribution is 0.225. The third-order valence-electron chi connectivity index (χ3n) is 1.08. The van der Waals surface area contributed by atoms with Gasteiger partial charge in [-0.2, -0.15) is 0 Å². The van der Waals surface area contributed by atoms with E-state index in [1.54, 1.807) is 6.08 Å². The molecule has 0 spiro atoms. The summed E-state index contributed by atoms with van der Waals surface area (Å²) in [5, 5.41) is 17.4. The molecule has 0 saturated carbocycles. The van der Waals surface area contributed by atoms with Crippen molar-refractivity contribution in [1.82, 2.24) is 0 Å². The second kappa shape index (κ2) is 6.52. The molecule has 1 unspecified atom stereocenters. The molecule has 2 N–H and O–H groups in total. The third-order valence-corrected chi connectivity index (χ3v) is 1.08. The van der Waals surface area contributed by atoms with Gasteiger partial charge in [0.15, 0.2) is 0 Å². The highest BCUT2D eigenvalue weighted by Gasteiger charge is 1.91. The molecule has 58 valence electrons. The second-order valence-electron chi connectivity index (χ2n) is 1.98. The van der Waals surface area contributed by atoms with Crippen LogP contribution in [0.15, 0.2) is 24.3 Å². The standard InChI is InChI=1S/C8H14O2/c1-2-3-5-8(10)6-4-7-9/h2-4,6,8-10H,5,7H2,1H3/b3-2+,6-4+. The zero-order valence-corrected chi connectivity index (χ0v) is 6.20. The maximum absolute atomic E-state index is 9.06. The van der Waals surface area contributed by atoms with Crippen molar-refractivity contribution in [3.63, 3.8) is 0 Å². The van der Waals surface area contributed by atoms with Crippen LogP contribution in [0.3, 0.4) is 0 Å². The number of aliphatic hydroxyl groups excluding tert-OH is 2. The van der Waals surface area contributed by atoms with Crippen LogP contribution < -0.4 is 0 Å². The first-order valence-corrected chi connectivity index (χ1v) is 3.38. The van der Waals surface area contributed by atoms with Gasteiger partial charge < -0.3 is 10.2 Å². The van der Waals surface area contributed by atoms with Crippen LogP contribution in [0, 0.1) is 0 Å². The Morgan fingerprint density at radius 2 is 2.10 bits per heavy atom. The van der Waals surface area contributed by atoms with E-state index in [1.807, 2.05) is 19.1 Å². The Balaban J connectivity index is 3.42. The van der Waals surface area contributed by atoms with Gasteiger partial charge in [-0.15, -0.1) is 0 Å². The van der Waals surface area contributed by atoms with Gasteiger partial charge in [0.05, 0.1) is 12.7 Å². The molecule has 0 bridgehead atoms. The molecule has 0 aliphatic heterocycles. The summed E-state index contributed by atoms with van der Waals surface area (Å²) in [5.41, 5.74) is 0. The smallest absolute Gasteiger partial charge is 0.0756 e. The molecular weight excluding hydrogens is 128 g/mol. The van der Waals surface area contributed by atoms with E-state index in [1.165, 1.54) is 6.08 Å². The molecule has 0 radical (unpaired) electrons. The fourth-order valence-electron chi connectivity index (χ4n) is 0.572. The topological polar surface area (TPSA) is 40.5 Å². The highest BCUT2D eigenvalue weighted by atomic mass is 16.3. The monoisotopic (exact) mass is 142 g/mol. The molecule has 0 aromatic rings. The summed E-state index contributed by atoms with van der Waals surface area (Å²) in [6.07, 6.45) is 7.05. The lowest BCUT2D eigenvalue weighted by Crippen LogP contribution is -1.99. The molecule has 0 rings (SSSR count). The summed E-state index contributed by atoms with van der Waals surface area (Å²) in [6.45, 7) is 1.90. The Morgan fingerprint density at radius 3 is 2.60 bits per heavy atom. The number of aliphatic hydroxyl groups is 2. The van der Waals surface area contributed by atoms with E-state index in [4.69, 9.17) is 10.2 Å². The predicted octanol–water partition coefficient (Wildman–Crippen LogP) is 0.862. The van der Waals surface area contributed by atoms with E-state index in [0.717, 1.165) is 0 Å². The normalized spacial score (nSPS) is 15.1. The lowest BCUT2D eigenvalue weighted by atomic mass is 10.2. The first-order valence-electron chi connectivity index (χ1n) is 3.38. The summed E-state index contributed by atoms with van der Waals surface area (Å²) in [7, 11) is 0. The second-order valence-corrected chi connectivity index (χ2v) is 1.98. The number of allylic oxidation sites excluding steroid dienone is 1. The molecule has 10 heavy (non-hydrogen) atoms. The molecule has 0 fully saturated rings. The Bertz CT molecular complexity index is 116. The number of hydrogen-bond acceptors (Lipinski definition) is 2. The van der Waals surface area contributed by atoms with E-state index in [-0.39, 0.29) is 6.61 Å². The van der Waals surface area contributed by atoms with Crippen LogP contribution in [0.4, 0.5) is 0 Å². The van der Waals surface area contributed by atoms with Gasteiger partial charge in [0.2, 0.25) is 0 Å². The Morgan fingerprint density at radius 1 is 1.40 bits per heavy atom. The fourth-order valence-corrected chi connectivity index (χ4v) is 0.572. The zero-order chi connectivity index (χ0) is 7.82. The van der Waals surface area contributed by atoms with Crippen molar-refractivity contribution in [2.75, 3.05) is 6.61 Å². The molecule has 0 aromatic heterocycles. The van der Waals surface area contributed by atoms with Crippen LogP contribution in [0.5, 0.6) is 0 Å². The van der Waals surface area contributed by atoms with Crippen LogP contribution in [-0.4, -0.2) is 22.9 Å². The summed E-state index contributed by atoms with van der Waals surface area (Å²) in [5.74, 6) is 0. The summed E-state index contributed by atoms with van der Waals surface area (Å²) in [4.78, 5) is 0. The van der Waals surface area contributed by atoms with E-state index in [2.05, 4.69) is 0 Å². The Hall–Kier alpha value is -0.600. The van der Waals surface area contributed by atoms with Crippen molar-refractivity contribution in [2.45, 2.75) is 19.4 Å². The van der Waals surface area contributed by atoms with E-state index in [0.29, 0.717) is 6.42 Å². The van der Waals surface area contributed by atoms with E-state index in [9.17, 15) is 0 Å². The van der Waals surface area contributed by atoms with Crippen LogP contribution in [-0.2, 0) is 0 Å². The van der Waals surface area contributed by atoms with Crippen LogP contribution in [0.1, 0.15) is 13.3 Å². The molecule has 2 heteroatoms. The van der Waals surface area contributed by atoms with Crippen molar-refractivity contribution in [2.24, 2.45) is 0 Å². The average Bonchev–Trinajstić information content (AvgIpc) is 1.97. The molecule has 0 heterocycles. The number of rotatable bonds is 4. The minimum Gasteiger partial charge on any atom is -0.392 e. The predicted molar refractivity (Wildman–Crippen MR) is 41.7 cm³/mol. The quantitative estimate of drug-likeness (QED) is 0.571. The van der Waals surface area contributed by atoms with Gasteiger partial charge in [-0.05, 0) is 13.3 Å². The van der Waals surface area contributed by atoms with Gasteiger partial charge in [0, 0.05) is 0 Å². The van der Waals surface area contributed by atoms with Gasteiger partial charge in [0.25, 0.3) is 0 Å². The lowest BCUT2D eigenvalue weighted by Gasteiger charge is -1.98. The van der Waals surface area contributed by atoms with Crippen LogP contribution in [0.25, 0.3) is 0 Å². The highest BCUT2D eigenvalue weighted by molar-refractivity contribution is 4.93. The largest absolute Gasteiger partial charge is 0.392 e. The first-order chi connectivity index (χ1) is 4.81. The van der Waals surface area contributed by atoms with Crippen molar-refractivity contribution in [3.05, 3.63) is 24.3 Å². The van der Waals surface area contributed by atoms with Crippen LogP contribution in [0.2, 0.25) is 0 Å². The molecule has 0 amide bonds. The van der Waals surface area contributed by atoms with Gasteiger partial charge in [-0.3, -0.25) is 0 Å². The minimum atomic E-state index is -0.455. The summed E-state index contributed by atoms with van der Waals surface area (Å²) in [6, 6.07) is 0. The third kappa shape index (κ3) is 5.54. The summed E-state index contributed by atoms with van der Waals surface area (Å²) >= 11 is 0. The molecule has 0 aliphatic carbocycles. The fraction of sp³-hybridized carbons (Fsp3) is 0.500. The van der Waals surface area contributed by atoms with Crippen molar-refractivity contribution >= 4 is 0 Å². The molecule has 0 saturated heterocycles. The summed E-state index contributed by atoms with van der Waals surface area (Å²) < 4.78 is 0. The van der Waals surface area contributed by atoms with E-state index >= 15 is 0 Å². The van der Waals surface area contributed by atoms with Gasteiger partial charge in [-0.1, -0.05) is 24.3 Å². The maximum Gasteiger partial charge on any atom is 0.0756 e. The zero-order valence-electron chi connectivity index (χ0n) is 6.20. The molecule has 0 aromatic carbocycles. The highest BCUT2D eigenvalue weighted by Crippen LogP contribution is 1.94. The van der Waals surface area contributed by atoms with Gasteiger partial charge in [-0.25, -0.2) is 0 Å². The molecule has 0 aliphatic rings. The first kappa shape index (κ1) is 9.40. The van der Waals surface area contributed by atoms with Gasteiger partial charge in [0.1, 0.15) is 0 Å². The Labute approximate surface area is 61.5 Å². The molecule has 1 atom stereocenters. The van der Waals surface area contributed by atoms with Crippen molar-refractivity contribution in [3.8, 4) is 0 Å². The molecule has 2 nitrogen and oxygen atoms in total. The van der Waals surface area contributed by atoms with E-state index < -0.39 is 6.10 Å². The minimum absolute atomic E-state index is 0.00704. The van der Waals surface area contributed by atoms with Crippen molar-refractivity contribution in [1.29, 1.82) is 0 Å².